The molecule has 0 saturated heterocycles. The highest BCUT2D eigenvalue weighted by Gasteiger charge is 2.11. The maximum atomic E-state index is 9.97. The molecule has 1 aromatic heterocycles. The second-order valence-electron chi connectivity index (χ2n) is 2.82. The van der Waals surface area contributed by atoms with Crippen LogP contribution in [0.1, 0.15) is 12.8 Å². The molecule has 13 heavy (non-hydrogen) atoms. The number of hydrogen-bond donors (Lipinski definition) is 0. The fraction of sp³-hybridized carbons (Fsp3) is 0.500. The summed E-state index contributed by atoms with van der Waals surface area (Å²) in [5, 5.41) is 4.06. The third-order valence-corrected chi connectivity index (χ3v) is 1.90. The van der Waals surface area contributed by atoms with Crippen LogP contribution >= 0.6 is 0 Å². The van der Waals surface area contributed by atoms with Crippen LogP contribution in [-0.4, -0.2) is 22.5 Å². The van der Waals surface area contributed by atoms with Gasteiger partial charge in [0.25, 0.3) is 0 Å². The minimum atomic E-state index is 0.368. The summed E-state index contributed by atoms with van der Waals surface area (Å²) in [5.41, 5.74) is 0. The molecule has 0 aromatic carbocycles. The molecule has 0 unspecified atom stereocenters. The van der Waals surface area contributed by atoms with Crippen LogP contribution < -0.4 is 4.74 Å². The minimum Gasteiger partial charge on any atom is -0.478 e. The van der Waals surface area contributed by atoms with E-state index in [0.29, 0.717) is 18.3 Å². The van der Waals surface area contributed by atoms with Crippen molar-refractivity contribution < 1.29 is 9.53 Å². The lowest BCUT2D eigenvalue weighted by atomic mass is 10.3. The van der Waals surface area contributed by atoms with E-state index >= 15 is 0 Å². The number of hydrogen-bond acceptors (Lipinski definition) is 4. The van der Waals surface area contributed by atoms with Crippen molar-refractivity contribution in [3.63, 3.8) is 0 Å². The Hall–Kier alpha value is -1.61. The van der Waals surface area contributed by atoms with E-state index in [1.807, 2.05) is 0 Å². The summed E-state index contributed by atoms with van der Waals surface area (Å²) in [7, 11) is 0. The predicted molar refractivity (Wildman–Crippen MR) is 44.7 cm³/mol. The van der Waals surface area contributed by atoms with E-state index in [0.717, 1.165) is 19.4 Å². The summed E-state index contributed by atoms with van der Waals surface area (Å²) in [6, 6.07) is 1.65. The summed E-state index contributed by atoms with van der Waals surface area (Å²) >= 11 is 0. The van der Waals surface area contributed by atoms with Crippen LogP contribution in [0.15, 0.2) is 11.1 Å². The average Bonchev–Trinajstić information content (AvgIpc) is 2.37. The van der Waals surface area contributed by atoms with Gasteiger partial charge in [-0.05, 0) is 12.8 Å². The molecule has 0 amide bonds. The van der Waals surface area contributed by atoms with E-state index in [4.69, 9.17) is 4.74 Å². The number of aromatic nitrogens is 2. The molecule has 1 aromatic rings. The van der Waals surface area contributed by atoms with E-state index in [9.17, 15) is 4.79 Å². The molecule has 0 atom stereocenters. The number of aliphatic imine (C=N–C) groups is 1. The minimum absolute atomic E-state index is 0.368. The molecule has 0 radical (unpaired) electrons. The Morgan fingerprint density at radius 1 is 1.62 bits per heavy atom. The third kappa shape index (κ3) is 1.60. The summed E-state index contributed by atoms with van der Waals surface area (Å²) in [6.07, 6.45) is 3.53. The summed E-state index contributed by atoms with van der Waals surface area (Å²) in [6.45, 7) is 1.53. The van der Waals surface area contributed by atoms with E-state index in [1.165, 1.54) is 6.08 Å². The number of ether oxygens (including phenoxy) is 1. The molecular formula is C8H9N3O2. The number of carbonyl (C=O) groups excluding carboxylic acids is 1. The lowest BCUT2D eigenvalue weighted by molar-refractivity contribution is 0.303. The van der Waals surface area contributed by atoms with Gasteiger partial charge in [0.2, 0.25) is 12.0 Å². The van der Waals surface area contributed by atoms with E-state index in [2.05, 4.69) is 10.1 Å². The Morgan fingerprint density at radius 3 is 3.38 bits per heavy atom. The smallest absolute Gasteiger partial charge is 0.242 e. The molecule has 2 heterocycles. The largest absolute Gasteiger partial charge is 0.478 e. The van der Waals surface area contributed by atoms with Crippen molar-refractivity contribution in [2.75, 3.05) is 6.61 Å². The van der Waals surface area contributed by atoms with Gasteiger partial charge in [-0.15, -0.1) is 10.1 Å². The second-order valence-corrected chi connectivity index (χ2v) is 2.82. The third-order valence-electron chi connectivity index (χ3n) is 1.90. The highest BCUT2D eigenvalue weighted by atomic mass is 16.5. The number of isocyanates is 1. The van der Waals surface area contributed by atoms with Crippen LogP contribution in [0.3, 0.4) is 0 Å². The van der Waals surface area contributed by atoms with Crippen LogP contribution in [0.25, 0.3) is 0 Å². The van der Waals surface area contributed by atoms with Crippen molar-refractivity contribution in [2.24, 2.45) is 4.99 Å². The molecule has 0 saturated carbocycles. The van der Waals surface area contributed by atoms with Crippen LogP contribution in [0, 0.1) is 0 Å². The molecule has 68 valence electrons. The van der Waals surface area contributed by atoms with Crippen molar-refractivity contribution in [1.29, 1.82) is 0 Å². The van der Waals surface area contributed by atoms with Gasteiger partial charge in [-0.1, -0.05) is 0 Å². The fourth-order valence-electron chi connectivity index (χ4n) is 1.30. The number of aryl methyl sites for hydroxylation is 1. The first-order valence-corrected chi connectivity index (χ1v) is 4.18. The molecule has 0 fully saturated rings. The van der Waals surface area contributed by atoms with E-state index < -0.39 is 0 Å². The lowest BCUT2D eigenvalue weighted by Crippen LogP contribution is -1.99. The van der Waals surface area contributed by atoms with Crippen LogP contribution in [0.2, 0.25) is 0 Å². The maximum absolute atomic E-state index is 9.97. The van der Waals surface area contributed by atoms with Crippen molar-refractivity contribution in [3.8, 4) is 5.88 Å². The Labute approximate surface area is 75.0 Å². The van der Waals surface area contributed by atoms with Crippen LogP contribution in [0.4, 0.5) is 5.82 Å². The standard InChI is InChI=1S/C8H9N3O2/c12-6-9-7-5-8-11(10-7)3-1-2-4-13-8/h5H,1-4H2. The maximum Gasteiger partial charge on any atom is 0.242 e. The van der Waals surface area contributed by atoms with E-state index in [-0.39, 0.29) is 0 Å². The number of rotatable bonds is 1. The molecule has 1 aliphatic rings. The van der Waals surface area contributed by atoms with Gasteiger partial charge < -0.3 is 4.74 Å². The zero-order valence-corrected chi connectivity index (χ0v) is 7.06. The molecule has 0 bridgehead atoms. The molecule has 0 N–H and O–H groups in total. The van der Waals surface area contributed by atoms with Gasteiger partial charge in [0.15, 0.2) is 5.82 Å². The first-order valence-electron chi connectivity index (χ1n) is 4.18. The number of fused-ring (bicyclic) bond motifs is 1. The molecule has 0 aliphatic carbocycles. The Bertz CT molecular complexity index is 329. The number of nitrogens with zero attached hydrogens (tertiary/aromatic N) is 3. The Morgan fingerprint density at radius 2 is 2.54 bits per heavy atom. The SMILES string of the molecule is O=C=Nc1cc2n(n1)CCCCO2. The summed E-state index contributed by atoms with van der Waals surface area (Å²) < 4.78 is 7.11. The van der Waals surface area contributed by atoms with Gasteiger partial charge >= 0.3 is 0 Å². The lowest BCUT2D eigenvalue weighted by Gasteiger charge is -1.99. The van der Waals surface area contributed by atoms with Gasteiger partial charge in [0.05, 0.1) is 6.61 Å². The van der Waals surface area contributed by atoms with Gasteiger partial charge in [0.1, 0.15) is 0 Å². The van der Waals surface area contributed by atoms with Crippen LogP contribution in [0.5, 0.6) is 5.88 Å². The van der Waals surface area contributed by atoms with Crippen molar-refractivity contribution in [3.05, 3.63) is 6.07 Å². The Kier molecular flexibility index (Phi) is 2.10. The Balaban J connectivity index is 2.32. The normalized spacial score (nSPS) is 15.1. The molecule has 2 rings (SSSR count). The highest BCUT2D eigenvalue weighted by molar-refractivity contribution is 5.45. The second kappa shape index (κ2) is 3.41. The average molecular weight is 179 g/mol. The van der Waals surface area contributed by atoms with Crippen molar-refractivity contribution >= 4 is 11.9 Å². The zero-order valence-electron chi connectivity index (χ0n) is 7.06. The topological polar surface area (TPSA) is 56.5 Å². The molecule has 5 heteroatoms. The fourth-order valence-corrected chi connectivity index (χ4v) is 1.30. The van der Waals surface area contributed by atoms with Gasteiger partial charge in [0, 0.05) is 12.6 Å². The first kappa shape index (κ1) is 8.01. The van der Waals surface area contributed by atoms with E-state index in [1.54, 1.807) is 10.7 Å². The van der Waals surface area contributed by atoms with Crippen LogP contribution in [-0.2, 0) is 11.3 Å². The monoisotopic (exact) mass is 179 g/mol. The molecular weight excluding hydrogens is 170 g/mol. The summed E-state index contributed by atoms with van der Waals surface area (Å²) in [4.78, 5) is 13.4. The highest BCUT2D eigenvalue weighted by Crippen LogP contribution is 2.22. The summed E-state index contributed by atoms with van der Waals surface area (Å²) in [5.74, 6) is 1.05. The predicted octanol–water partition coefficient (Wildman–Crippen LogP) is 1.02. The van der Waals surface area contributed by atoms with Gasteiger partial charge in [-0.25, -0.2) is 9.48 Å². The molecule has 5 nitrogen and oxygen atoms in total. The first-order chi connectivity index (χ1) is 6.40. The molecule has 0 spiro atoms. The van der Waals surface area contributed by atoms with Crippen molar-refractivity contribution in [1.82, 2.24) is 9.78 Å². The van der Waals surface area contributed by atoms with Crippen molar-refractivity contribution in [2.45, 2.75) is 19.4 Å². The molecule has 1 aliphatic heterocycles. The zero-order chi connectivity index (χ0) is 9.10. The van der Waals surface area contributed by atoms with Gasteiger partial charge in [-0.2, -0.15) is 0 Å². The quantitative estimate of drug-likeness (QED) is 0.477. The van der Waals surface area contributed by atoms with Gasteiger partial charge in [-0.3, -0.25) is 0 Å².